The van der Waals surface area contributed by atoms with E-state index in [9.17, 15) is 13.2 Å². The monoisotopic (exact) mass is 396 g/mol. The number of para-hydroxylation sites is 1. The van der Waals surface area contributed by atoms with Gasteiger partial charge in [-0.2, -0.15) is 0 Å². The standard InChI is InChI=1S/C21H20N2O4S/c1-15-8-13-19(14-20(15)21(24)22-2)28(25,26)23-16-9-11-18(12-10-16)27-17-6-4-3-5-7-17/h3-14,23H,1-2H3,(H,22,24). The topological polar surface area (TPSA) is 84.5 Å². The fourth-order valence-corrected chi connectivity index (χ4v) is 3.66. The van der Waals surface area contributed by atoms with Crippen molar-refractivity contribution in [1.29, 1.82) is 0 Å². The highest BCUT2D eigenvalue weighted by molar-refractivity contribution is 7.92. The molecule has 0 heterocycles. The predicted molar refractivity (Wildman–Crippen MR) is 108 cm³/mol. The van der Waals surface area contributed by atoms with Crippen LogP contribution in [-0.4, -0.2) is 21.4 Å². The Morgan fingerprint density at radius 3 is 2.18 bits per heavy atom. The van der Waals surface area contributed by atoms with Crippen molar-refractivity contribution in [2.24, 2.45) is 0 Å². The zero-order chi connectivity index (χ0) is 20.1. The van der Waals surface area contributed by atoms with Gasteiger partial charge in [0.25, 0.3) is 15.9 Å². The molecule has 28 heavy (non-hydrogen) atoms. The molecule has 3 rings (SSSR count). The van der Waals surface area contributed by atoms with Gasteiger partial charge in [-0.15, -0.1) is 0 Å². The van der Waals surface area contributed by atoms with Crippen molar-refractivity contribution in [2.45, 2.75) is 11.8 Å². The number of ether oxygens (including phenoxy) is 1. The van der Waals surface area contributed by atoms with Crippen molar-refractivity contribution in [3.63, 3.8) is 0 Å². The van der Waals surface area contributed by atoms with E-state index < -0.39 is 10.0 Å². The van der Waals surface area contributed by atoms with Gasteiger partial charge >= 0.3 is 0 Å². The van der Waals surface area contributed by atoms with Gasteiger partial charge in [0.2, 0.25) is 0 Å². The van der Waals surface area contributed by atoms with Crippen LogP contribution in [0.2, 0.25) is 0 Å². The molecule has 3 aromatic rings. The van der Waals surface area contributed by atoms with Crippen molar-refractivity contribution in [2.75, 3.05) is 11.8 Å². The van der Waals surface area contributed by atoms with Crippen molar-refractivity contribution < 1.29 is 17.9 Å². The fourth-order valence-electron chi connectivity index (χ4n) is 2.58. The summed E-state index contributed by atoms with van der Waals surface area (Å²) in [4.78, 5) is 11.9. The highest BCUT2D eigenvalue weighted by atomic mass is 32.2. The molecule has 0 spiro atoms. The second-order valence-electron chi connectivity index (χ2n) is 6.10. The lowest BCUT2D eigenvalue weighted by Gasteiger charge is -2.11. The third-order valence-corrected chi connectivity index (χ3v) is 5.46. The third kappa shape index (κ3) is 4.50. The van der Waals surface area contributed by atoms with Crippen LogP contribution in [0.25, 0.3) is 0 Å². The number of carbonyl (C=O) groups excluding carboxylic acids is 1. The number of hydrogen-bond acceptors (Lipinski definition) is 4. The minimum atomic E-state index is -3.84. The largest absolute Gasteiger partial charge is 0.457 e. The Hall–Kier alpha value is -3.32. The number of hydrogen-bond donors (Lipinski definition) is 2. The van der Waals surface area contributed by atoms with Crippen LogP contribution in [0.1, 0.15) is 15.9 Å². The van der Waals surface area contributed by atoms with Gasteiger partial charge in [-0.05, 0) is 61.0 Å². The van der Waals surface area contributed by atoms with Gasteiger partial charge in [0.05, 0.1) is 4.90 Å². The van der Waals surface area contributed by atoms with E-state index in [-0.39, 0.29) is 10.8 Å². The van der Waals surface area contributed by atoms with Gasteiger partial charge in [-0.25, -0.2) is 8.42 Å². The van der Waals surface area contributed by atoms with Crippen LogP contribution in [-0.2, 0) is 10.0 Å². The molecule has 0 aliphatic rings. The lowest BCUT2D eigenvalue weighted by molar-refractivity contribution is 0.0962. The van der Waals surface area contributed by atoms with E-state index in [2.05, 4.69) is 10.0 Å². The van der Waals surface area contributed by atoms with Gasteiger partial charge in [-0.3, -0.25) is 9.52 Å². The molecule has 0 atom stereocenters. The molecule has 0 fully saturated rings. The Morgan fingerprint density at radius 2 is 1.54 bits per heavy atom. The average molecular weight is 396 g/mol. The molecule has 2 N–H and O–H groups in total. The molecule has 1 amide bonds. The molecule has 0 aliphatic heterocycles. The highest BCUT2D eigenvalue weighted by Gasteiger charge is 2.18. The van der Waals surface area contributed by atoms with Crippen LogP contribution in [0.5, 0.6) is 11.5 Å². The Bertz CT molecular complexity index is 1080. The van der Waals surface area contributed by atoms with Crippen LogP contribution in [0, 0.1) is 6.92 Å². The van der Waals surface area contributed by atoms with E-state index >= 15 is 0 Å². The smallest absolute Gasteiger partial charge is 0.261 e. The van der Waals surface area contributed by atoms with E-state index in [1.54, 1.807) is 37.3 Å². The van der Waals surface area contributed by atoms with E-state index in [1.807, 2.05) is 30.3 Å². The molecule has 0 radical (unpaired) electrons. The Kier molecular flexibility index (Phi) is 5.65. The predicted octanol–water partition coefficient (Wildman–Crippen LogP) is 3.95. The van der Waals surface area contributed by atoms with Gasteiger partial charge in [-0.1, -0.05) is 24.3 Å². The highest BCUT2D eigenvalue weighted by Crippen LogP contribution is 2.24. The molecule has 0 unspecified atom stereocenters. The number of benzene rings is 3. The van der Waals surface area contributed by atoms with Crippen LogP contribution in [0.4, 0.5) is 5.69 Å². The van der Waals surface area contributed by atoms with E-state index in [1.165, 1.54) is 19.2 Å². The summed E-state index contributed by atoms with van der Waals surface area (Å²) >= 11 is 0. The van der Waals surface area contributed by atoms with Crippen LogP contribution < -0.4 is 14.8 Å². The number of nitrogens with one attached hydrogen (secondary N) is 2. The minimum absolute atomic E-state index is 0.0151. The molecule has 0 saturated carbocycles. The first-order valence-corrected chi connectivity index (χ1v) is 10.1. The molecular formula is C21H20N2O4S. The molecule has 0 saturated heterocycles. The Balaban J connectivity index is 1.78. The first kappa shape index (κ1) is 19.4. The Labute approximate surface area is 164 Å². The molecule has 3 aromatic carbocycles. The normalized spacial score (nSPS) is 10.9. The minimum Gasteiger partial charge on any atom is -0.457 e. The third-order valence-electron chi connectivity index (χ3n) is 4.08. The molecule has 7 heteroatoms. The van der Waals surface area contributed by atoms with Crippen LogP contribution in [0.3, 0.4) is 0 Å². The number of carbonyl (C=O) groups is 1. The van der Waals surface area contributed by atoms with Gasteiger partial charge < -0.3 is 10.1 Å². The van der Waals surface area contributed by atoms with E-state index in [0.717, 1.165) is 0 Å². The average Bonchev–Trinajstić information content (AvgIpc) is 2.69. The number of aryl methyl sites for hydroxylation is 1. The maximum atomic E-state index is 12.7. The molecule has 0 aliphatic carbocycles. The van der Waals surface area contributed by atoms with Crippen LogP contribution >= 0.6 is 0 Å². The number of anilines is 1. The second kappa shape index (κ2) is 8.14. The number of rotatable bonds is 6. The Morgan fingerprint density at radius 1 is 0.893 bits per heavy atom. The number of sulfonamides is 1. The maximum Gasteiger partial charge on any atom is 0.261 e. The summed E-state index contributed by atoms with van der Waals surface area (Å²) in [5, 5.41) is 2.51. The van der Waals surface area contributed by atoms with Crippen molar-refractivity contribution in [1.82, 2.24) is 5.32 Å². The summed E-state index contributed by atoms with van der Waals surface area (Å²) < 4.78 is 33.6. The zero-order valence-electron chi connectivity index (χ0n) is 15.5. The summed E-state index contributed by atoms with van der Waals surface area (Å²) in [7, 11) is -2.34. The van der Waals surface area contributed by atoms with Crippen molar-refractivity contribution >= 4 is 21.6 Å². The van der Waals surface area contributed by atoms with Gasteiger partial charge in [0, 0.05) is 18.3 Å². The van der Waals surface area contributed by atoms with E-state index in [0.29, 0.717) is 28.3 Å². The number of amides is 1. The molecule has 6 nitrogen and oxygen atoms in total. The van der Waals surface area contributed by atoms with Gasteiger partial charge in [0.1, 0.15) is 11.5 Å². The van der Waals surface area contributed by atoms with Gasteiger partial charge in [0.15, 0.2) is 0 Å². The van der Waals surface area contributed by atoms with E-state index in [4.69, 9.17) is 4.74 Å². The summed E-state index contributed by atoms with van der Waals surface area (Å²) in [5.41, 5.74) is 1.40. The summed E-state index contributed by atoms with van der Waals surface area (Å²) in [6.07, 6.45) is 0. The second-order valence-corrected chi connectivity index (χ2v) is 7.78. The first-order valence-electron chi connectivity index (χ1n) is 8.57. The maximum absolute atomic E-state index is 12.7. The lowest BCUT2D eigenvalue weighted by atomic mass is 10.1. The summed E-state index contributed by atoms with van der Waals surface area (Å²) in [6, 6.07) is 20.3. The fraction of sp³-hybridized carbons (Fsp3) is 0.0952. The summed E-state index contributed by atoms with van der Waals surface area (Å²) in [5.74, 6) is 0.945. The summed E-state index contributed by atoms with van der Waals surface area (Å²) in [6.45, 7) is 1.75. The molecule has 0 bridgehead atoms. The SMILES string of the molecule is CNC(=O)c1cc(S(=O)(=O)Nc2ccc(Oc3ccccc3)cc2)ccc1C. The molecular weight excluding hydrogens is 376 g/mol. The van der Waals surface area contributed by atoms with Crippen molar-refractivity contribution in [3.8, 4) is 11.5 Å². The zero-order valence-corrected chi connectivity index (χ0v) is 16.3. The quantitative estimate of drug-likeness (QED) is 0.661. The first-order chi connectivity index (χ1) is 13.4. The molecule has 0 aromatic heterocycles. The lowest BCUT2D eigenvalue weighted by Crippen LogP contribution is -2.20. The molecule has 144 valence electrons. The van der Waals surface area contributed by atoms with Crippen molar-refractivity contribution in [3.05, 3.63) is 83.9 Å². The van der Waals surface area contributed by atoms with Crippen LogP contribution in [0.15, 0.2) is 77.7 Å².